The molecular weight excluding hydrogens is 419 g/mol. The van der Waals surface area contributed by atoms with E-state index < -0.39 is 10.0 Å². The number of halogens is 3. The van der Waals surface area contributed by atoms with Crippen molar-refractivity contribution in [1.82, 2.24) is 4.72 Å². The van der Waals surface area contributed by atoms with Gasteiger partial charge in [-0.3, -0.25) is 0 Å². The fourth-order valence-corrected chi connectivity index (χ4v) is 6.02. The van der Waals surface area contributed by atoms with Gasteiger partial charge in [0.15, 0.2) is 0 Å². The molecule has 4 nitrogen and oxygen atoms in total. The quantitative estimate of drug-likeness (QED) is 0.715. The highest BCUT2D eigenvalue weighted by Crippen LogP contribution is 2.34. The first-order chi connectivity index (χ1) is 9.72. The topological polar surface area (TPSA) is 72.2 Å². The SMILES string of the molecule is NC(=S)C1CCCC1NS(=O)(=O)c1c(Cl)cc(Br)cc1Cl. The molecule has 116 valence electrons. The van der Waals surface area contributed by atoms with Crippen molar-refractivity contribution < 1.29 is 8.42 Å². The van der Waals surface area contributed by atoms with Gasteiger partial charge in [-0.1, -0.05) is 57.8 Å². The molecule has 9 heteroatoms. The first-order valence-electron chi connectivity index (χ1n) is 6.18. The van der Waals surface area contributed by atoms with Gasteiger partial charge in [0.25, 0.3) is 0 Å². The summed E-state index contributed by atoms with van der Waals surface area (Å²) in [5.74, 6) is -0.136. The Labute approximate surface area is 147 Å². The van der Waals surface area contributed by atoms with E-state index in [-0.39, 0.29) is 26.9 Å². The molecule has 0 saturated heterocycles. The standard InChI is InChI=1S/C12H13BrCl2N2O2S2/c13-6-4-8(14)11(9(15)5-6)21(18,19)17-10-3-1-2-7(10)12(16)20/h4-5,7,10,17H,1-3H2,(H2,16,20). The Morgan fingerprint density at radius 1 is 1.33 bits per heavy atom. The lowest BCUT2D eigenvalue weighted by molar-refractivity contribution is 0.525. The summed E-state index contributed by atoms with van der Waals surface area (Å²) in [6.07, 6.45) is 2.34. The van der Waals surface area contributed by atoms with Crippen LogP contribution in [0.25, 0.3) is 0 Å². The van der Waals surface area contributed by atoms with E-state index >= 15 is 0 Å². The highest BCUT2D eigenvalue weighted by Gasteiger charge is 2.34. The van der Waals surface area contributed by atoms with Crippen molar-refractivity contribution in [2.75, 3.05) is 0 Å². The van der Waals surface area contributed by atoms with E-state index in [0.717, 1.165) is 12.8 Å². The van der Waals surface area contributed by atoms with Crippen molar-refractivity contribution in [2.45, 2.75) is 30.2 Å². The zero-order valence-electron chi connectivity index (χ0n) is 10.8. The number of benzene rings is 1. The van der Waals surface area contributed by atoms with E-state index in [0.29, 0.717) is 15.9 Å². The molecule has 21 heavy (non-hydrogen) atoms. The number of thiocarbonyl (C=S) groups is 1. The lowest BCUT2D eigenvalue weighted by Gasteiger charge is -2.20. The van der Waals surface area contributed by atoms with Crippen LogP contribution in [0.3, 0.4) is 0 Å². The molecular formula is C12H13BrCl2N2O2S2. The van der Waals surface area contributed by atoms with Crippen LogP contribution >= 0.6 is 51.3 Å². The predicted octanol–water partition coefficient (Wildman–Crippen LogP) is 3.49. The van der Waals surface area contributed by atoms with Crippen molar-refractivity contribution in [1.29, 1.82) is 0 Å². The second kappa shape index (κ2) is 6.68. The molecule has 0 amide bonds. The molecule has 3 N–H and O–H groups in total. The molecule has 0 spiro atoms. The van der Waals surface area contributed by atoms with Gasteiger partial charge < -0.3 is 5.73 Å². The number of nitrogens with one attached hydrogen (secondary N) is 1. The molecule has 0 heterocycles. The van der Waals surface area contributed by atoms with Crippen molar-refractivity contribution in [3.63, 3.8) is 0 Å². The summed E-state index contributed by atoms with van der Waals surface area (Å²) < 4.78 is 28.3. The van der Waals surface area contributed by atoms with Crippen LogP contribution in [0.1, 0.15) is 19.3 Å². The van der Waals surface area contributed by atoms with E-state index in [9.17, 15) is 8.42 Å². The van der Waals surface area contributed by atoms with Gasteiger partial charge in [0.1, 0.15) is 4.90 Å². The maximum Gasteiger partial charge on any atom is 0.243 e. The van der Waals surface area contributed by atoms with E-state index in [1.165, 1.54) is 12.1 Å². The molecule has 2 unspecified atom stereocenters. The van der Waals surface area contributed by atoms with E-state index in [1.807, 2.05) is 0 Å². The summed E-state index contributed by atoms with van der Waals surface area (Å²) in [5, 5.41) is 0.124. The van der Waals surface area contributed by atoms with Crippen LogP contribution in [0.4, 0.5) is 0 Å². The molecule has 1 saturated carbocycles. The summed E-state index contributed by atoms with van der Waals surface area (Å²) in [5.41, 5.74) is 5.66. The molecule has 1 aromatic rings. The van der Waals surface area contributed by atoms with Crippen molar-refractivity contribution in [3.05, 3.63) is 26.7 Å². The van der Waals surface area contributed by atoms with Crippen molar-refractivity contribution in [2.24, 2.45) is 11.7 Å². The third kappa shape index (κ3) is 3.89. The highest BCUT2D eigenvalue weighted by atomic mass is 79.9. The van der Waals surface area contributed by atoms with Gasteiger partial charge in [-0.15, -0.1) is 0 Å². The average molecular weight is 432 g/mol. The molecule has 2 atom stereocenters. The largest absolute Gasteiger partial charge is 0.393 e. The third-order valence-electron chi connectivity index (χ3n) is 3.42. The van der Waals surface area contributed by atoms with Crippen LogP contribution in [-0.4, -0.2) is 19.4 Å². The maximum atomic E-state index is 12.5. The lowest BCUT2D eigenvalue weighted by atomic mass is 10.1. The maximum absolute atomic E-state index is 12.5. The molecule has 2 rings (SSSR count). The molecule has 0 radical (unpaired) electrons. The number of rotatable bonds is 4. The zero-order valence-corrected chi connectivity index (χ0v) is 15.5. The van der Waals surface area contributed by atoms with Gasteiger partial charge in [-0.25, -0.2) is 13.1 Å². The predicted molar refractivity (Wildman–Crippen MR) is 92.4 cm³/mol. The van der Waals surface area contributed by atoms with Crippen LogP contribution in [-0.2, 0) is 10.0 Å². The summed E-state index contributed by atoms with van der Waals surface area (Å²) in [6.45, 7) is 0. The summed E-state index contributed by atoms with van der Waals surface area (Å²) in [7, 11) is -3.84. The van der Waals surface area contributed by atoms with E-state index in [2.05, 4.69) is 20.7 Å². The van der Waals surface area contributed by atoms with Crippen LogP contribution in [0.5, 0.6) is 0 Å². The van der Waals surface area contributed by atoms with Crippen LogP contribution < -0.4 is 10.5 Å². The minimum Gasteiger partial charge on any atom is -0.393 e. The smallest absolute Gasteiger partial charge is 0.243 e. The van der Waals surface area contributed by atoms with E-state index in [1.54, 1.807) is 0 Å². The Hall–Kier alpha value is 0.0800. The monoisotopic (exact) mass is 430 g/mol. The number of nitrogens with two attached hydrogens (primary N) is 1. The Balaban J connectivity index is 2.33. The van der Waals surface area contributed by atoms with Gasteiger partial charge in [0.2, 0.25) is 10.0 Å². The first kappa shape index (κ1) is 17.4. The van der Waals surface area contributed by atoms with E-state index in [4.69, 9.17) is 41.2 Å². The third-order valence-corrected chi connectivity index (χ3v) is 6.59. The normalized spacial score (nSPS) is 22.4. The number of sulfonamides is 1. The first-order valence-corrected chi connectivity index (χ1v) is 9.62. The molecule has 1 aromatic carbocycles. The second-order valence-electron chi connectivity index (χ2n) is 4.87. The molecule has 1 aliphatic carbocycles. The Kier molecular flexibility index (Phi) is 5.55. The van der Waals surface area contributed by atoms with Crippen LogP contribution in [0.15, 0.2) is 21.5 Å². The number of hydrogen-bond acceptors (Lipinski definition) is 3. The number of hydrogen-bond donors (Lipinski definition) is 2. The van der Waals surface area contributed by atoms with Gasteiger partial charge in [-0.05, 0) is 25.0 Å². The Bertz CT molecular complexity index is 659. The zero-order chi connectivity index (χ0) is 15.8. The van der Waals surface area contributed by atoms with Crippen LogP contribution in [0, 0.1) is 5.92 Å². The Morgan fingerprint density at radius 3 is 2.43 bits per heavy atom. The van der Waals surface area contributed by atoms with Gasteiger partial charge >= 0.3 is 0 Å². The summed E-state index contributed by atoms with van der Waals surface area (Å²) >= 11 is 20.2. The average Bonchev–Trinajstić information content (AvgIpc) is 2.73. The molecule has 0 bridgehead atoms. The molecule has 1 aliphatic rings. The van der Waals surface area contributed by atoms with Gasteiger partial charge in [0, 0.05) is 16.4 Å². The molecule has 0 aromatic heterocycles. The lowest BCUT2D eigenvalue weighted by Crippen LogP contribution is -2.41. The molecule has 0 aliphatic heterocycles. The summed E-state index contributed by atoms with van der Waals surface area (Å²) in [4.78, 5) is 0.204. The highest BCUT2D eigenvalue weighted by molar-refractivity contribution is 9.10. The van der Waals surface area contributed by atoms with Crippen LogP contribution in [0.2, 0.25) is 10.0 Å². The minimum atomic E-state index is -3.84. The minimum absolute atomic E-state index is 0.0618. The van der Waals surface area contributed by atoms with Gasteiger partial charge in [0.05, 0.1) is 15.0 Å². The fraction of sp³-hybridized carbons (Fsp3) is 0.417. The Morgan fingerprint density at radius 2 is 1.90 bits per heavy atom. The summed E-state index contributed by atoms with van der Waals surface area (Å²) in [6, 6.07) is 2.66. The fourth-order valence-electron chi connectivity index (χ4n) is 2.49. The van der Waals surface area contributed by atoms with Crippen molar-refractivity contribution >= 4 is 66.4 Å². The molecule has 1 fully saturated rings. The van der Waals surface area contributed by atoms with Gasteiger partial charge in [-0.2, -0.15) is 0 Å². The van der Waals surface area contributed by atoms with Crippen molar-refractivity contribution in [3.8, 4) is 0 Å². The second-order valence-corrected chi connectivity index (χ2v) is 8.72.